The third-order valence-corrected chi connectivity index (χ3v) is 5.58. The third-order valence-electron chi connectivity index (χ3n) is 3.85. The van der Waals surface area contributed by atoms with Gasteiger partial charge < -0.3 is 5.32 Å². The van der Waals surface area contributed by atoms with E-state index in [2.05, 4.69) is 11.4 Å². The lowest BCUT2D eigenvalue weighted by atomic mass is 10.1. The van der Waals surface area contributed by atoms with Crippen molar-refractivity contribution in [3.05, 3.63) is 71.3 Å². The minimum Gasteiger partial charge on any atom is -0.303 e. The van der Waals surface area contributed by atoms with E-state index in [0.29, 0.717) is 5.56 Å². The molecule has 0 aliphatic rings. The summed E-state index contributed by atoms with van der Waals surface area (Å²) in [5, 5.41) is 11.9. The number of rotatable bonds is 8. The molecule has 1 unspecified atom stereocenters. The summed E-state index contributed by atoms with van der Waals surface area (Å²) in [6.45, 7) is 1.98. The smallest absolute Gasteiger partial charge is 0.279 e. The van der Waals surface area contributed by atoms with Crippen molar-refractivity contribution in [2.75, 3.05) is 12.7 Å². The van der Waals surface area contributed by atoms with Crippen molar-refractivity contribution < 1.29 is 14.6 Å². The van der Waals surface area contributed by atoms with Gasteiger partial charge in [0.25, 0.3) is 7.72 Å². The van der Waals surface area contributed by atoms with E-state index in [-0.39, 0.29) is 30.7 Å². The van der Waals surface area contributed by atoms with Gasteiger partial charge >= 0.3 is 0 Å². The molecule has 6 heteroatoms. The zero-order chi connectivity index (χ0) is 18.3. The van der Waals surface area contributed by atoms with E-state index in [1.165, 1.54) is 0 Å². The molecule has 2 rings (SSSR count). The quantitative estimate of drug-likeness (QED) is 0.632. The Morgan fingerprint density at radius 1 is 1.16 bits per heavy atom. The Balaban J connectivity index is 1.83. The number of hydrogen-bond donors (Lipinski definition) is 3. The van der Waals surface area contributed by atoms with E-state index in [1.807, 2.05) is 49.4 Å². The van der Waals surface area contributed by atoms with Crippen LogP contribution in [0, 0.1) is 11.3 Å². The topological polar surface area (TPSA) is 93.3 Å². The van der Waals surface area contributed by atoms with Gasteiger partial charge in [0.1, 0.15) is 6.16 Å². The molecule has 0 radical (unpaired) electrons. The molecule has 0 aliphatic heterocycles. The lowest BCUT2D eigenvalue weighted by molar-refractivity contribution is -0.116. The Morgan fingerprint density at radius 3 is 2.40 bits per heavy atom. The fraction of sp³-hybridized carbons (Fsp3) is 0.263. The normalized spacial score (nSPS) is 12.4. The van der Waals surface area contributed by atoms with E-state index in [1.54, 1.807) is 12.1 Å². The van der Waals surface area contributed by atoms with Crippen LogP contribution in [0.15, 0.2) is 54.6 Å². The second-order valence-corrected chi connectivity index (χ2v) is 8.45. The average Bonchev–Trinajstić information content (AvgIpc) is 2.59. The number of nitrogens with zero attached hydrogens (tertiary/aromatic N) is 1. The van der Waals surface area contributed by atoms with Crippen molar-refractivity contribution in [1.29, 1.82) is 5.26 Å². The second-order valence-electron chi connectivity index (χ2n) is 6.06. The maximum Gasteiger partial charge on any atom is 0.279 e. The number of hydrogen-bond acceptors (Lipinski definition) is 5. The predicted octanol–water partition coefficient (Wildman–Crippen LogP) is 2.81. The summed E-state index contributed by atoms with van der Waals surface area (Å²) in [6.07, 6.45) is -0.111. The standard InChI is InChI=1S/C19H22N2O3P/c1-15(18-9-7-16(11-20)8-10-18)21-12-19(22)14-25(23,24)13-17-5-3-2-4-6-17/h2-10,15,21,23-24H,12-14H2,1H3/q+1. The Labute approximate surface area is 148 Å². The maximum absolute atomic E-state index is 12.1. The molecule has 0 bridgehead atoms. The first-order chi connectivity index (χ1) is 11.9. The number of nitrogens with one attached hydrogen (secondary N) is 1. The van der Waals surface area contributed by atoms with Crippen molar-refractivity contribution in [3.63, 3.8) is 0 Å². The molecular formula is C19H22N2O3P+. The lowest BCUT2D eigenvalue weighted by Crippen LogP contribution is -2.28. The third kappa shape index (κ3) is 6.38. The molecule has 2 aromatic rings. The highest BCUT2D eigenvalue weighted by molar-refractivity contribution is 7.64. The Kier molecular flexibility index (Phi) is 6.81. The average molecular weight is 357 g/mol. The van der Waals surface area contributed by atoms with Crippen LogP contribution in [0.3, 0.4) is 0 Å². The fourth-order valence-electron chi connectivity index (χ4n) is 2.50. The lowest BCUT2D eigenvalue weighted by Gasteiger charge is -2.15. The predicted molar refractivity (Wildman–Crippen MR) is 99.0 cm³/mol. The Hall–Kier alpha value is -2.09. The molecule has 0 heterocycles. The van der Waals surface area contributed by atoms with Gasteiger partial charge in [-0.1, -0.05) is 42.5 Å². The van der Waals surface area contributed by atoms with Crippen LogP contribution in [0.2, 0.25) is 0 Å². The molecule has 0 fully saturated rings. The highest BCUT2D eigenvalue weighted by Crippen LogP contribution is 2.52. The van der Waals surface area contributed by atoms with Crippen LogP contribution < -0.4 is 5.32 Å². The van der Waals surface area contributed by atoms with Crippen LogP contribution >= 0.6 is 7.72 Å². The van der Waals surface area contributed by atoms with Crippen LogP contribution in [-0.4, -0.2) is 28.3 Å². The SMILES string of the molecule is CC(NCC(=O)C[P+](O)(O)Cc1ccccc1)c1ccc(C#N)cc1. The first kappa shape index (κ1) is 19.2. The first-order valence-corrected chi connectivity index (χ1v) is 10.1. The summed E-state index contributed by atoms with van der Waals surface area (Å²) in [5.41, 5.74) is 2.36. The molecule has 3 N–H and O–H groups in total. The van der Waals surface area contributed by atoms with Gasteiger partial charge in [0.15, 0.2) is 11.9 Å². The van der Waals surface area contributed by atoms with Crippen molar-refractivity contribution in [1.82, 2.24) is 5.32 Å². The zero-order valence-electron chi connectivity index (χ0n) is 14.1. The molecule has 0 aliphatic carbocycles. The van der Waals surface area contributed by atoms with Crippen molar-refractivity contribution in [3.8, 4) is 6.07 Å². The molecule has 0 saturated carbocycles. The number of Topliss-reactive ketones (excluding diaryl/α,β-unsaturated/α-hetero) is 1. The van der Waals surface area contributed by atoms with Gasteiger partial charge in [-0.15, -0.1) is 0 Å². The minimum absolute atomic E-state index is 0.0683. The van der Waals surface area contributed by atoms with Crippen LogP contribution in [0.5, 0.6) is 0 Å². The summed E-state index contributed by atoms with van der Waals surface area (Å²) >= 11 is 0. The van der Waals surface area contributed by atoms with E-state index in [9.17, 15) is 14.6 Å². The zero-order valence-corrected chi connectivity index (χ0v) is 15.0. The molecule has 2 aromatic carbocycles. The molecular weight excluding hydrogens is 335 g/mol. The van der Waals surface area contributed by atoms with Gasteiger partial charge in [-0.3, -0.25) is 4.79 Å². The summed E-state index contributed by atoms with van der Waals surface area (Å²) in [6, 6.07) is 18.3. The van der Waals surface area contributed by atoms with E-state index >= 15 is 0 Å². The molecule has 0 spiro atoms. The van der Waals surface area contributed by atoms with Crippen molar-refractivity contribution >= 4 is 13.5 Å². The van der Waals surface area contributed by atoms with E-state index in [4.69, 9.17) is 5.26 Å². The van der Waals surface area contributed by atoms with E-state index in [0.717, 1.165) is 11.1 Å². The number of nitriles is 1. The summed E-state index contributed by atoms with van der Waals surface area (Å²) in [5.74, 6) is -0.227. The largest absolute Gasteiger partial charge is 0.303 e. The van der Waals surface area contributed by atoms with Crippen LogP contribution in [0.1, 0.15) is 29.7 Å². The monoisotopic (exact) mass is 357 g/mol. The Morgan fingerprint density at radius 2 is 1.80 bits per heavy atom. The summed E-state index contributed by atoms with van der Waals surface area (Å²) in [7, 11) is -3.29. The maximum atomic E-state index is 12.1. The van der Waals surface area contributed by atoms with Crippen molar-refractivity contribution in [2.24, 2.45) is 0 Å². The summed E-state index contributed by atoms with van der Waals surface area (Å²) in [4.78, 5) is 32.4. The molecule has 0 amide bonds. The number of benzene rings is 2. The van der Waals surface area contributed by atoms with Gasteiger partial charge in [-0.05, 0) is 30.2 Å². The molecule has 0 aromatic heterocycles. The molecule has 130 valence electrons. The number of carbonyl (C=O) groups is 1. The molecule has 0 saturated heterocycles. The van der Waals surface area contributed by atoms with Crippen LogP contribution in [-0.2, 0) is 11.0 Å². The highest BCUT2D eigenvalue weighted by Gasteiger charge is 2.36. The van der Waals surface area contributed by atoms with Crippen molar-refractivity contribution in [2.45, 2.75) is 19.1 Å². The summed E-state index contributed by atoms with van der Waals surface area (Å²) < 4.78 is 0. The van der Waals surface area contributed by atoms with Gasteiger partial charge in [0, 0.05) is 6.04 Å². The number of carbonyl (C=O) groups excluding carboxylic acids is 1. The fourth-order valence-corrected chi connectivity index (χ4v) is 4.09. The van der Waals surface area contributed by atoms with Gasteiger partial charge in [0.2, 0.25) is 0 Å². The number of ketones is 1. The highest BCUT2D eigenvalue weighted by atomic mass is 31.2. The van der Waals surface area contributed by atoms with Gasteiger partial charge in [-0.25, -0.2) is 9.79 Å². The van der Waals surface area contributed by atoms with E-state index < -0.39 is 7.72 Å². The molecule has 5 nitrogen and oxygen atoms in total. The van der Waals surface area contributed by atoms with Crippen LogP contribution in [0.4, 0.5) is 0 Å². The second kappa shape index (κ2) is 8.84. The minimum atomic E-state index is -3.29. The van der Waals surface area contributed by atoms with Gasteiger partial charge in [0.05, 0.1) is 18.2 Å². The molecule has 25 heavy (non-hydrogen) atoms. The van der Waals surface area contributed by atoms with Gasteiger partial charge in [-0.2, -0.15) is 5.26 Å². The Bertz CT molecular complexity index is 740. The molecule has 1 atom stereocenters. The van der Waals surface area contributed by atoms with Crippen LogP contribution in [0.25, 0.3) is 0 Å². The first-order valence-electron chi connectivity index (χ1n) is 8.01.